The van der Waals surface area contributed by atoms with Crippen molar-refractivity contribution in [2.45, 2.75) is 51.9 Å². The van der Waals surface area contributed by atoms with E-state index in [-0.39, 0.29) is 5.92 Å². The van der Waals surface area contributed by atoms with Gasteiger partial charge in [-0.05, 0) is 32.6 Å². The SMILES string of the molecule is Cc1cc(N2CCN(C(=O)C3CCCCC3)CC2)nc(N2CCCC2)n1. The number of carbonyl (C=O) groups excluding carboxylic acids is 1. The quantitative estimate of drug-likeness (QED) is 0.832. The van der Waals surface area contributed by atoms with Crippen LogP contribution in [0.1, 0.15) is 50.6 Å². The van der Waals surface area contributed by atoms with E-state index in [1.54, 1.807) is 0 Å². The van der Waals surface area contributed by atoms with Gasteiger partial charge in [0.05, 0.1) is 0 Å². The fraction of sp³-hybridized carbons (Fsp3) is 0.750. The van der Waals surface area contributed by atoms with Crippen molar-refractivity contribution in [1.82, 2.24) is 14.9 Å². The van der Waals surface area contributed by atoms with Gasteiger partial charge in [-0.3, -0.25) is 4.79 Å². The van der Waals surface area contributed by atoms with Gasteiger partial charge in [0.1, 0.15) is 5.82 Å². The summed E-state index contributed by atoms with van der Waals surface area (Å²) in [6.45, 7) is 7.55. The van der Waals surface area contributed by atoms with Crippen molar-refractivity contribution < 1.29 is 4.79 Å². The number of hydrogen-bond acceptors (Lipinski definition) is 5. The zero-order valence-corrected chi connectivity index (χ0v) is 16.0. The molecule has 0 unspecified atom stereocenters. The Balaban J connectivity index is 1.39. The van der Waals surface area contributed by atoms with Crippen LogP contribution < -0.4 is 9.80 Å². The molecule has 2 saturated heterocycles. The first-order chi connectivity index (χ1) is 12.7. The van der Waals surface area contributed by atoms with E-state index in [1.165, 1.54) is 32.1 Å². The number of carbonyl (C=O) groups is 1. The number of aryl methyl sites for hydroxylation is 1. The molecule has 3 fully saturated rings. The molecular formula is C20H31N5O. The van der Waals surface area contributed by atoms with Gasteiger partial charge in [-0.25, -0.2) is 4.98 Å². The zero-order valence-electron chi connectivity index (χ0n) is 16.0. The molecule has 0 N–H and O–H groups in total. The third-order valence-corrected chi connectivity index (χ3v) is 6.09. The largest absolute Gasteiger partial charge is 0.353 e. The van der Waals surface area contributed by atoms with E-state index in [1.807, 2.05) is 6.92 Å². The van der Waals surface area contributed by atoms with E-state index in [2.05, 4.69) is 25.8 Å². The molecule has 0 radical (unpaired) electrons. The normalized spacial score (nSPS) is 22.1. The summed E-state index contributed by atoms with van der Waals surface area (Å²) in [6.07, 6.45) is 8.37. The maximum atomic E-state index is 12.8. The fourth-order valence-corrected chi connectivity index (χ4v) is 4.52. The van der Waals surface area contributed by atoms with Gasteiger partial charge in [-0.1, -0.05) is 19.3 Å². The minimum Gasteiger partial charge on any atom is -0.353 e. The number of piperazine rings is 1. The first-order valence-corrected chi connectivity index (χ1v) is 10.3. The van der Waals surface area contributed by atoms with E-state index in [0.29, 0.717) is 5.91 Å². The fourth-order valence-electron chi connectivity index (χ4n) is 4.52. The second-order valence-electron chi connectivity index (χ2n) is 8.01. The van der Waals surface area contributed by atoms with E-state index in [9.17, 15) is 4.79 Å². The van der Waals surface area contributed by atoms with Crippen LogP contribution in [-0.2, 0) is 4.79 Å². The van der Waals surface area contributed by atoms with Gasteiger partial charge in [0.25, 0.3) is 0 Å². The molecule has 0 spiro atoms. The van der Waals surface area contributed by atoms with E-state index < -0.39 is 0 Å². The Labute approximate surface area is 156 Å². The Bertz CT molecular complexity index is 629. The molecule has 1 aromatic heterocycles. The van der Waals surface area contributed by atoms with Crippen molar-refractivity contribution >= 4 is 17.7 Å². The van der Waals surface area contributed by atoms with Crippen molar-refractivity contribution in [3.8, 4) is 0 Å². The number of hydrogen-bond donors (Lipinski definition) is 0. The van der Waals surface area contributed by atoms with Crippen LogP contribution in [0.25, 0.3) is 0 Å². The van der Waals surface area contributed by atoms with Crippen LogP contribution in [0.3, 0.4) is 0 Å². The predicted octanol–water partition coefficient (Wildman–Crippen LogP) is 2.61. The molecule has 2 aliphatic heterocycles. The van der Waals surface area contributed by atoms with Gasteiger partial charge in [-0.15, -0.1) is 0 Å². The lowest BCUT2D eigenvalue weighted by Gasteiger charge is -2.37. The highest BCUT2D eigenvalue weighted by molar-refractivity contribution is 5.79. The number of aromatic nitrogens is 2. The minimum atomic E-state index is 0.276. The predicted molar refractivity (Wildman–Crippen MR) is 104 cm³/mol. The second-order valence-corrected chi connectivity index (χ2v) is 8.01. The Hall–Kier alpha value is -1.85. The second kappa shape index (κ2) is 7.80. The molecular weight excluding hydrogens is 326 g/mol. The number of amides is 1. The molecule has 6 heteroatoms. The third-order valence-electron chi connectivity index (χ3n) is 6.09. The summed E-state index contributed by atoms with van der Waals surface area (Å²) < 4.78 is 0. The topological polar surface area (TPSA) is 52.6 Å². The van der Waals surface area contributed by atoms with Crippen LogP contribution in [0.15, 0.2) is 6.07 Å². The van der Waals surface area contributed by atoms with Crippen LogP contribution in [0.5, 0.6) is 0 Å². The monoisotopic (exact) mass is 357 g/mol. The molecule has 1 saturated carbocycles. The standard InChI is InChI=1S/C20H31N5O/c1-16-15-18(22-20(21-16)25-9-5-6-10-25)23-11-13-24(14-12-23)19(26)17-7-3-2-4-8-17/h15,17H,2-14H2,1H3. The molecule has 0 aromatic carbocycles. The van der Waals surface area contributed by atoms with E-state index in [0.717, 1.165) is 69.6 Å². The van der Waals surface area contributed by atoms with Crippen LogP contribution >= 0.6 is 0 Å². The van der Waals surface area contributed by atoms with Crippen molar-refractivity contribution in [3.63, 3.8) is 0 Å². The van der Waals surface area contributed by atoms with Gasteiger partial charge in [0.15, 0.2) is 0 Å². The maximum Gasteiger partial charge on any atom is 0.227 e. The van der Waals surface area contributed by atoms with Crippen molar-refractivity contribution in [1.29, 1.82) is 0 Å². The van der Waals surface area contributed by atoms with Crippen LogP contribution in [-0.4, -0.2) is 60.0 Å². The Kier molecular flexibility index (Phi) is 5.27. The summed E-state index contributed by atoms with van der Waals surface area (Å²) in [5.74, 6) is 2.56. The summed E-state index contributed by atoms with van der Waals surface area (Å²) in [7, 11) is 0. The molecule has 6 nitrogen and oxygen atoms in total. The average Bonchev–Trinajstić information content (AvgIpc) is 3.23. The molecule has 0 bridgehead atoms. The number of anilines is 2. The van der Waals surface area contributed by atoms with Crippen molar-refractivity contribution in [2.75, 3.05) is 49.1 Å². The molecule has 3 heterocycles. The van der Waals surface area contributed by atoms with Crippen molar-refractivity contribution in [3.05, 3.63) is 11.8 Å². The minimum absolute atomic E-state index is 0.276. The molecule has 0 atom stereocenters. The highest BCUT2D eigenvalue weighted by Crippen LogP contribution is 2.27. The lowest BCUT2D eigenvalue weighted by molar-refractivity contribution is -0.136. The lowest BCUT2D eigenvalue weighted by atomic mass is 9.88. The zero-order chi connectivity index (χ0) is 17.9. The van der Waals surface area contributed by atoms with Gasteiger partial charge < -0.3 is 14.7 Å². The highest BCUT2D eigenvalue weighted by Gasteiger charge is 2.29. The Morgan fingerprint density at radius 1 is 0.885 bits per heavy atom. The lowest BCUT2D eigenvalue weighted by Crippen LogP contribution is -2.51. The number of nitrogens with zero attached hydrogens (tertiary/aromatic N) is 5. The Morgan fingerprint density at radius 3 is 2.27 bits per heavy atom. The molecule has 4 rings (SSSR count). The number of rotatable bonds is 3. The van der Waals surface area contributed by atoms with Crippen molar-refractivity contribution in [2.24, 2.45) is 5.92 Å². The van der Waals surface area contributed by atoms with E-state index >= 15 is 0 Å². The smallest absolute Gasteiger partial charge is 0.227 e. The molecule has 1 aliphatic carbocycles. The molecule has 3 aliphatic rings. The van der Waals surface area contributed by atoms with E-state index in [4.69, 9.17) is 4.98 Å². The van der Waals surface area contributed by atoms with Gasteiger partial charge in [-0.2, -0.15) is 4.98 Å². The first kappa shape index (κ1) is 17.6. The van der Waals surface area contributed by atoms with Gasteiger partial charge in [0, 0.05) is 56.9 Å². The van der Waals surface area contributed by atoms with Gasteiger partial charge >= 0.3 is 0 Å². The summed E-state index contributed by atoms with van der Waals surface area (Å²) in [4.78, 5) is 28.9. The van der Waals surface area contributed by atoms with Crippen LogP contribution in [0.2, 0.25) is 0 Å². The highest BCUT2D eigenvalue weighted by atomic mass is 16.2. The average molecular weight is 358 g/mol. The molecule has 1 amide bonds. The van der Waals surface area contributed by atoms with Crippen LogP contribution in [0.4, 0.5) is 11.8 Å². The first-order valence-electron chi connectivity index (χ1n) is 10.3. The summed E-state index contributed by atoms with van der Waals surface area (Å²) in [6, 6.07) is 2.08. The molecule has 26 heavy (non-hydrogen) atoms. The maximum absolute atomic E-state index is 12.8. The molecule has 142 valence electrons. The summed E-state index contributed by atoms with van der Waals surface area (Å²) >= 11 is 0. The van der Waals surface area contributed by atoms with Gasteiger partial charge in [0.2, 0.25) is 11.9 Å². The summed E-state index contributed by atoms with van der Waals surface area (Å²) in [5.41, 5.74) is 1.03. The van der Waals surface area contributed by atoms with Crippen LogP contribution in [0, 0.1) is 12.8 Å². The Morgan fingerprint density at radius 2 is 1.58 bits per heavy atom. The third kappa shape index (κ3) is 3.79. The molecule has 1 aromatic rings. The summed E-state index contributed by atoms with van der Waals surface area (Å²) in [5, 5.41) is 0.